The third kappa shape index (κ3) is 3.28. The summed E-state index contributed by atoms with van der Waals surface area (Å²) in [6, 6.07) is 11.9. The van der Waals surface area contributed by atoms with E-state index in [1.165, 1.54) is 28.8 Å². The van der Waals surface area contributed by atoms with Crippen LogP contribution in [0.1, 0.15) is 33.5 Å². The molecule has 0 spiro atoms. The van der Waals surface area contributed by atoms with E-state index in [1.54, 1.807) is 12.1 Å². The summed E-state index contributed by atoms with van der Waals surface area (Å²) in [6.45, 7) is 4.12. The number of Topliss-reactive ketones (excluding diaryl/α,β-unsaturated/α-hetero) is 1. The van der Waals surface area contributed by atoms with Crippen LogP contribution in [0.3, 0.4) is 0 Å². The zero-order chi connectivity index (χ0) is 13.8. The molecule has 0 aliphatic rings. The second-order valence-corrected chi connectivity index (χ2v) is 4.80. The van der Waals surface area contributed by atoms with Crippen molar-refractivity contribution in [1.82, 2.24) is 0 Å². The standard InChI is InChI=1S/C17H17FO/c1-12-4-3-5-13(2)16(12)10-11-17(19)14-6-8-15(18)9-7-14/h3-9H,10-11H2,1-2H3. The predicted molar refractivity (Wildman–Crippen MR) is 75.0 cm³/mol. The van der Waals surface area contributed by atoms with Gasteiger partial charge in [0, 0.05) is 12.0 Å². The summed E-state index contributed by atoms with van der Waals surface area (Å²) in [5, 5.41) is 0. The van der Waals surface area contributed by atoms with Gasteiger partial charge in [-0.05, 0) is 61.2 Å². The molecule has 0 heterocycles. The summed E-state index contributed by atoms with van der Waals surface area (Å²) in [6.07, 6.45) is 1.19. The minimum Gasteiger partial charge on any atom is -0.294 e. The highest BCUT2D eigenvalue weighted by Crippen LogP contribution is 2.16. The van der Waals surface area contributed by atoms with E-state index in [0.29, 0.717) is 12.0 Å². The Morgan fingerprint density at radius 3 is 2.16 bits per heavy atom. The van der Waals surface area contributed by atoms with Crippen LogP contribution in [0.5, 0.6) is 0 Å². The van der Waals surface area contributed by atoms with Crippen LogP contribution in [0.2, 0.25) is 0 Å². The van der Waals surface area contributed by atoms with Gasteiger partial charge in [-0.3, -0.25) is 4.79 Å². The van der Waals surface area contributed by atoms with E-state index in [2.05, 4.69) is 26.0 Å². The molecule has 0 saturated carbocycles. The zero-order valence-corrected chi connectivity index (χ0v) is 11.2. The van der Waals surface area contributed by atoms with Gasteiger partial charge in [0.15, 0.2) is 5.78 Å². The van der Waals surface area contributed by atoms with Gasteiger partial charge in [-0.2, -0.15) is 0 Å². The first-order valence-corrected chi connectivity index (χ1v) is 6.42. The van der Waals surface area contributed by atoms with Crippen molar-refractivity contribution in [2.75, 3.05) is 0 Å². The monoisotopic (exact) mass is 256 g/mol. The van der Waals surface area contributed by atoms with Crippen molar-refractivity contribution >= 4 is 5.78 Å². The van der Waals surface area contributed by atoms with Crippen molar-refractivity contribution in [3.8, 4) is 0 Å². The first-order chi connectivity index (χ1) is 9.08. The third-order valence-corrected chi connectivity index (χ3v) is 3.41. The fraction of sp³-hybridized carbons (Fsp3) is 0.235. The lowest BCUT2D eigenvalue weighted by atomic mass is 9.96. The molecule has 2 rings (SSSR count). The molecule has 0 unspecified atom stereocenters. The van der Waals surface area contributed by atoms with Crippen LogP contribution in [0.25, 0.3) is 0 Å². The van der Waals surface area contributed by atoms with E-state index in [1.807, 2.05) is 6.07 Å². The maximum atomic E-state index is 12.8. The number of hydrogen-bond donors (Lipinski definition) is 0. The van der Waals surface area contributed by atoms with E-state index < -0.39 is 0 Å². The lowest BCUT2D eigenvalue weighted by Gasteiger charge is -2.09. The molecule has 2 aromatic carbocycles. The van der Waals surface area contributed by atoms with Gasteiger partial charge in [0.2, 0.25) is 0 Å². The Bertz CT molecular complexity index is 564. The summed E-state index contributed by atoms with van der Waals surface area (Å²) < 4.78 is 12.8. The molecular formula is C17H17FO. The molecule has 2 heteroatoms. The Hall–Kier alpha value is -1.96. The molecule has 0 aliphatic carbocycles. The van der Waals surface area contributed by atoms with Gasteiger partial charge in [-0.1, -0.05) is 18.2 Å². The Labute approximate surface area is 113 Å². The number of carbonyl (C=O) groups excluding carboxylic acids is 1. The molecule has 2 aromatic rings. The number of hydrogen-bond acceptors (Lipinski definition) is 1. The number of rotatable bonds is 4. The SMILES string of the molecule is Cc1cccc(C)c1CCC(=O)c1ccc(F)cc1. The molecule has 0 saturated heterocycles. The van der Waals surface area contributed by atoms with Crippen LogP contribution < -0.4 is 0 Å². The van der Waals surface area contributed by atoms with E-state index in [-0.39, 0.29) is 11.6 Å². The van der Waals surface area contributed by atoms with E-state index in [4.69, 9.17) is 0 Å². The fourth-order valence-corrected chi connectivity index (χ4v) is 2.26. The third-order valence-electron chi connectivity index (χ3n) is 3.41. The predicted octanol–water partition coefficient (Wildman–Crippen LogP) is 4.26. The van der Waals surface area contributed by atoms with Crippen LogP contribution in [-0.4, -0.2) is 5.78 Å². The summed E-state index contributed by atoms with van der Waals surface area (Å²) in [5.41, 5.74) is 4.24. The number of benzene rings is 2. The first kappa shape index (κ1) is 13.5. The molecule has 0 bridgehead atoms. The Kier molecular flexibility index (Phi) is 4.10. The fourth-order valence-electron chi connectivity index (χ4n) is 2.26. The van der Waals surface area contributed by atoms with Crippen LogP contribution >= 0.6 is 0 Å². The van der Waals surface area contributed by atoms with Crippen LogP contribution in [0, 0.1) is 19.7 Å². The highest BCUT2D eigenvalue weighted by molar-refractivity contribution is 5.96. The molecule has 19 heavy (non-hydrogen) atoms. The van der Waals surface area contributed by atoms with E-state index in [9.17, 15) is 9.18 Å². The molecule has 1 nitrogen and oxygen atoms in total. The van der Waals surface area contributed by atoms with Crippen LogP contribution in [0.4, 0.5) is 4.39 Å². The van der Waals surface area contributed by atoms with Crippen LogP contribution in [-0.2, 0) is 6.42 Å². The zero-order valence-electron chi connectivity index (χ0n) is 11.2. The van der Waals surface area contributed by atoms with Gasteiger partial charge in [-0.25, -0.2) is 4.39 Å². The quantitative estimate of drug-likeness (QED) is 0.747. The highest BCUT2D eigenvalue weighted by Gasteiger charge is 2.08. The van der Waals surface area contributed by atoms with Gasteiger partial charge in [0.25, 0.3) is 0 Å². The highest BCUT2D eigenvalue weighted by atomic mass is 19.1. The van der Waals surface area contributed by atoms with Gasteiger partial charge in [-0.15, -0.1) is 0 Å². The molecule has 0 fully saturated rings. The number of halogens is 1. The van der Waals surface area contributed by atoms with E-state index in [0.717, 1.165) is 6.42 Å². The number of ketones is 1. The second-order valence-electron chi connectivity index (χ2n) is 4.80. The number of carbonyl (C=O) groups is 1. The molecular weight excluding hydrogens is 239 g/mol. The summed E-state index contributed by atoms with van der Waals surface area (Å²) in [4.78, 5) is 12.0. The van der Waals surface area contributed by atoms with Crippen molar-refractivity contribution in [3.05, 3.63) is 70.5 Å². The van der Waals surface area contributed by atoms with Gasteiger partial charge in [0.05, 0.1) is 0 Å². The smallest absolute Gasteiger partial charge is 0.163 e. The van der Waals surface area contributed by atoms with Crippen molar-refractivity contribution in [1.29, 1.82) is 0 Å². The maximum absolute atomic E-state index is 12.8. The average Bonchev–Trinajstić information content (AvgIpc) is 2.38. The summed E-state index contributed by atoms with van der Waals surface area (Å²) in [7, 11) is 0. The van der Waals surface area contributed by atoms with Crippen molar-refractivity contribution < 1.29 is 9.18 Å². The average molecular weight is 256 g/mol. The molecule has 0 radical (unpaired) electrons. The first-order valence-electron chi connectivity index (χ1n) is 6.42. The lowest BCUT2D eigenvalue weighted by Crippen LogP contribution is -2.03. The lowest BCUT2D eigenvalue weighted by molar-refractivity contribution is 0.0983. The Morgan fingerprint density at radius 2 is 1.58 bits per heavy atom. The Balaban J connectivity index is 2.06. The van der Waals surface area contributed by atoms with Crippen LogP contribution in [0.15, 0.2) is 42.5 Å². The largest absolute Gasteiger partial charge is 0.294 e. The van der Waals surface area contributed by atoms with Gasteiger partial charge in [0.1, 0.15) is 5.82 Å². The molecule has 0 aromatic heterocycles. The van der Waals surface area contributed by atoms with Crippen molar-refractivity contribution in [2.45, 2.75) is 26.7 Å². The molecule has 0 aliphatic heterocycles. The van der Waals surface area contributed by atoms with E-state index >= 15 is 0 Å². The van der Waals surface area contributed by atoms with Crippen molar-refractivity contribution in [3.63, 3.8) is 0 Å². The minimum absolute atomic E-state index is 0.0580. The topological polar surface area (TPSA) is 17.1 Å². The summed E-state index contributed by atoms with van der Waals surface area (Å²) in [5.74, 6) is -0.256. The normalized spacial score (nSPS) is 10.5. The number of aryl methyl sites for hydroxylation is 2. The minimum atomic E-state index is -0.314. The second kappa shape index (κ2) is 5.79. The molecule has 98 valence electrons. The Morgan fingerprint density at radius 1 is 1.00 bits per heavy atom. The molecule has 0 atom stereocenters. The molecule has 0 N–H and O–H groups in total. The van der Waals surface area contributed by atoms with Crippen molar-refractivity contribution in [2.24, 2.45) is 0 Å². The molecule has 0 amide bonds. The maximum Gasteiger partial charge on any atom is 0.163 e. The summed E-state index contributed by atoms with van der Waals surface area (Å²) >= 11 is 0. The van der Waals surface area contributed by atoms with Gasteiger partial charge >= 0.3 is 0 Å². The van der Waals surface area contributed by atoms with Gasteiger partial charge < -0.3 is 0 Å².